The van der Waals surface area contributed by atoms with Gasteiger partial charge in [0.1, 0.15) is 0 Å². The standard InChI is InChI=1S/C12H7N2O4SSe/c1-17-11(15)9-7-5(3-13)20-6(4-14)8(7)10(19-9)12(16)18-2/h13H,1-2H3/q+1. The van der Waals surface area contributed by atoms with E-state index in [0.717, 1.165) is 11.3 Å². The van der Waals surface area contributed by atoms with Gasteiger partial charge < -0.3 is 0 Å². The van der Waals surface area contributed by atoms with E-state index >= 15 is 0 Å². The Morgan fingerprint density at radius 3 is 2.20 bits per heavy atom. The molecule has 100 valence electrons. The summed E-state index contributed by atoms with van der Waals surface area (Å²) in [5.41, 5.74) is 0.799. The van der Waals surface area contributed by atoms with Crippen molar-refractivity contribution in [1.29, 1.82) is 10.7 Å². The molecule has 0 radical (unpaired) electrons. The molecule has 0 spiro atoms. The van der Waals surface area contributed by atoms with Crippen molar-refractivity contribution in [2.24, 2.45) is 0 Å². The van der Waals surface area contributed by atoms with Gasteiger partial charge in [-0.05, 0) is 0 Å². The summed E-state index contributed by atoms with van der Waals surface area (Å²) in [6, 6.07) is 2.02. The van der Waals surface area contributed by atoms with Gasteiger partial charge in [-0.2, -0.15) is 0 Å². The number of hydrogen-bond acceptors (Lipinski definition) is 7. The summed E-state index contributed by atoms with van der Waals surface area (Å²) in [5.74, 6) is 1.02. The minimum absolute atomic E-state index is 0.187. The second kappa shape index (κ2) is 5.53. The maximum absolute atomic E-state index is 11.8. The van der Waals surface area contributed by atoms with Gasteiger partial charge in [0.25, 0.3) is 0 Å². The summed E-state index contributed by atoms with van der Waals surface area (Å²) in [6.07, 6.45) is 0. The van der Waals surface area contributed by atoms with E-state index in [1.165, 1.54) is 14.2 Å². The zero-order valence-corrected chi connectivity index (χ0v) is 12.9. The molecule has 0 atom stereocenters. The van der Waals surface area contributed by atoms with Crippen LogP contribution in [-0.4, -0.2) is 51.0 Å². The van der Waals surface area contributed by atoms with E-state index in [-0.39, 0.29) is 9.75 Å². The van der Waals surface area contributed by atoms with Crippen LogP contribution in [0.25, 0.3) is 4.47 Å². The number of methoxy groups -OCH3 is 2. The SMILES string of the molecule is COC(=O)c1sc(C(=O)OC)c2c1C(=C=N)[Se+]=C2C#N. The molecule has 1 aliphatic rings. The molecule has 0 bridgehead atoms. The number of nitrogens with one attached hydrogen (secondary N) is 1. The monoisotopic (exact) mass is 355 g/mol. The van der Waals surface area contributed by atoms with Crippen LogP contribution in [0.2, 0.25) is 0 Å². The molecule has 1 aromatic rings. The first-order valence-corrected chi connectivity index (χ1v) is 7.70. The van der Waals surface area contributed by atoms with Gasteiger partial charge in [0.15, 0.2) is 0 Å². The van der Waals surface area contributed by atoms with Gasteiger partial charge in [-0.15, -0.1) is 0 Å². The fourth-order valence-electron chi connectivity index (χ4n) is 1.71. The number of rotatable bonds is 2. The molecule has 0 saturated heterocycles. The first-order chi connectivity index (χ1) is 9.58. The molecule has 0 amide bonds. The molecule has 0 aromatic carbocycles. The number of fused-ring (bicyclic) bond motifs is 1. The van der Waals surface area contributed by atoms with Crippen molar-refractivity contribution < 1.29 is 19.1 Å². The Morgan fingerprint density at radius 1 is 1.20 bits per heavy atom. The molecule has 2 rings (SSSR count). The summed E-state index contributed by atoms with van der Waals surface area (Å²) in [7, 11) is 2.46. The van der Waals surface area contributed by atoms with Crippen LogP contribution in [0.3, 0.4) is 0 Å². The Morgan fingerprint density at radius 2 is 1.75 bits per heavy atom. The number of nitriles is 1. The molecule has 0 saturated carbocycles. The molecule has 8 heteroatoms. The summed E-state index contributed by atoms with van der Waals surface area (Å²) in [4.78, 5) is 24.0. The third kappa shape index (κ3) is 2.03. The first-order valence-electron chi connectivity index (χ1n) is 5.17. The summed E-state index contributed by atoms with van der Waals surface area (Å²) in [6.45, 7) is 0. The second-order valence-electron chi connectivity index (χ2n) is 3.49. The number of thiophene rings is 1. The average Bonchev–Trinajstić information content (AvgIpc) is 3.03. The van der Waals surface area contributed by atoms with Crippen molar-refractivity contribution in [2.45, 2.75) is 0 Å². The molecule has 0 unspecified atom stereocenters. The molecule has 6 nitrogen and oxygen atoms in total. The third-order valence-electron chi connectivity index (χ3n) is 2.52. The average molecular weight is 354 g/mol. The fraction of sp³-hybridized carbons (Fsp3) is 0.167. The normalized spacial score (nSPS) is 12.1. The van der Waals surface area contributed by atoms with E-state index in [1.54, 1.807) is 0 Å². The van der Waals surface area contributed by atoms with E-state index in [2.05, 4.69) is 15.3 Å². The fourth-order valence-corrected chi connectivity index (χ4v) is 5.07. The Balaban J connectivity index is 2.82. The van der Waals surface area contributed by atoms with Crippen molar-refractivity contribution in [3.63, 3.8) is 0 Å². The van der Waals surface area contributed by atoms with E-state index in [0.29, 0.717) is 20.0 Å². The predicted molar refractivity (Wildman–Crippen MR) is 73.6 cm³/mol. The van der Waals surface area contributed by atoms with Gasteiger partial charge in [0.2, 0.25) is 0 Å². The second-order valence-corrected chi connectivity index (χ2v) is 6.65. The topological polar surface area (TPSA) is 100 Å². The van der Waals surface area contributed by atoms with E-state index in [4.69, 9.17) is 5.41 Å². The predicted octanol–water partition coefficient (Wildman–Crippen LogP) is 0.673. The Bertz CT molecular complexity index is 750. The Kier molecular flexibility index (Phi) is 3.98. The summed E-state index contributed by atoms with van der Waals surface area (Å²) < 4.78 is 10.2. The molecular formula is C12H7N2O4SSe+. The number of esters is 2. The van der Waals surface area contributed by atoms with Crippen LogP contribution in [0.15, 0.2) is 0 Å². The number of ether oxygens (including phenoxy) is 2. The van der Waals surface area contributed by atoms with Crippen LogP contribution in [0.5, 0.6) is 0 Å². The quantitative estimate of drug-likeness (QED) is 0.478. The first kappa shape index (κ1) is 14.4. The van der Waals surface area contributed by atoms with E-state index in [9.17, 15) is 14.9 Å². The molecule has 1 aromatic heterocycles. The van der Waals surface area contributed by atoms with Gasteiger partial charge in [0, 0.05) is 0 Å². The minimum atomic E-state index is -0.615. The van der Waals surface area contributed by atoms with Crippen molar-refractivity contribution in [3.8, 4) is 6.07 Å². The van der Waals surface area contributed by atoms with Gasteiger partial charge >= 0.3 is 123 Å². The molecular weight excluding hydrogens is 347 g/mol. The van der Waals surface area contributed by atoms with Crippen LogP contribution < -0.4 is 0 Å². The van der Waals surface area contributed by atoms with Gasteiger partial charge in [0.05, 0.1) is 0 Å². The third-order valence-corrected chi connectivity index (χ3v) is 5.79. The van der Waals surface area contributed by atoms with E-state index in [1.807, 2.05) is 6.07 Å². The van der Waals surface area contributed by atoms with Crippen LogP contribution >= 0.6 is 11.3 Å². The number of hydrogen-bond donors (Lipinski definition) is 1. The van der Waals surface area contributed by atoms with Gasteiger partial charge in [-0.1, -0.05) is 0 Å². The zero-order chi connectivity index (χ0) is 14.9. The maximum atomic E-state index is 11.8. The van der Waals surface area contributed by atoms with Crippen LogP contribution in [-0.2, 0) is 9.47 Å². The van der Waals surface area contributed by atoms with E-state index < -0.39 is 26.5 Å². The number of nitrogens with zero attached hydrogens (tertiary/aromatic N) is 1. The number of carbonyl (C=O) groups is 2. The molecule has 1 N–H and O–H groups in total. The van der Waals surface area contributed by atoms with Crippen molar-refractivity contribution in [2.75, 3.05) is 14.2 Å². The van der Waals surface area contributed by atoms with Crippen LogP contribution in [0.1, 0.15) is 30.5 Å². The zero-order valence-electron chi connectivity index (χ0n) is 10.4. The van der Waals surface area contributed by atoms with Crippen molar-refractivity contribution in [3.05, 3.63) is 20.9 Å². The summed E-state index contributed by atoms with van der Waals surface area (Å²) >= 11 is 0.467. The Hall–Kier alpha value is -2.03. The molecule has 1 aliphatic heterocycles. The van der Waals surface area contributed by atoms with Gasteiger partial charge in [-0.3, -0.25) is 0 Å². The molecule has 0 aliphatic carbocycles. The number of carbonyl (C=O) groups excluding carboxylic acids is 2. The molecule has 0 fully saturated rings. The molecule has 20 heavy (non-hydrogen) atoms. The summed E-state index contributed by atoms with van der Waals surface area (Å²) in [5, 5.41) is 16.5. The molecule has 2 heterocycles. The van der Waals surface area contributed by atoms with Crippen LogP contribution in [0.4, 0.5) is 0 Å². The van der Waals surface area contributed by atoms with Crippen LogP contribution in [0, 0.1) is 16.7 Å². The van der Waals surface area contributed by atoms with Crippen molar-refractivity contribution >= 4 is 52.6 Å². The van der Waals surface area contributed by atoms with Gasteiger partial charge in [-0.25, -0.2) is 0 Å². The van der Waals surface area contributed by atoms with Crippen molar-refractivity contribution in [1.82, 2.24) is 0 Å². The Labute approximate surface area is 123 Å².